The van der Waals surface area contributed by atoms with Crippen LogP contribution in [-0.2, 0) is 11.0 Å². The molecular formula is C21H14BrF4N5O2S. The molecule has 176 valence electrons. The summed E-state index contributed by atoms with van der Waals surface area (Å²) in [6.45, 7) is 1.55. The van der Waals surface area contributed by atoms with E-state index in [0.717, 1.165) is 18.2 Å². The molecular weight excluding hydrogens is 542 g/mol. The first-order valence-corrected chi connectivity index (χ1v) is 11.2. The van der Waals surface area contributed by atoms with Crippen LogP contribution in [0.15, 0.2) is 47.2 Å². The number of pyridine rings is 1. The molecule has 3 heterocycles. The number of hydrogen-bond acceptors (Lipinski definition) is 5. The van der Waals surface area contributed by atoms with Crippen LogP contribution in [0.4, 0.5) is 23.2 Å². The van der Waals surface area contributed by atoms with Crippen LogP contribution in [0.25, 0.3) is 21.3 Å². The summed E-state index contributed by atoms with van der Waals surface area (Å²) in [4.78, 5) is 28.5. The van der Waals surface area contributed by atoms with Gasteiger partial charge in [-0.2, -0.15) is 18.3 Å². The fraction of sp³-hybridized carbons (Fsp3) is 0.143. The first kappa shape index (κ1) is 23.8. The first-order valence-electron chi connectivity index (χ1n) is 9.56. The minimum atomic E-state index is -4.79. The highest BCUT2D eigenvalue weighted by atomic mass is 79.9. The standard InChI is InChI=1S/C21H14BrF4N5O2S/c1-9(31-8-11(22)7-28-31)19(33)30-16-15-13(10-2-4-12(23)5-3-10)6-14(21(24,25)26)29-20(15)34-17(16)18(27)32/h2-9H,1H3,(H2,27,32)(H,30,33). The van der Waals surface area contributed by atoms with Crippen LogP contribution in [0.2, 0.25) is 0 Å². The summed E-state index contributed by atoms with van der Waals surface area (Å²) in [7, 11) is 0. The van der Waals surface area contributed by atoms with E-state index >= 15 is 0 Å². The van der Waals surface area contributed by atoms with Gasteiger partial charge in [0.25, 0.3) is 5.91 Å². The minimum absolute atomic E-state index is 0.00543. The van der Waals surface area contributed by atoms with Gasteiger partial charge >= 0.3 is 6.18 Å². The highest BCUT2D eigenvalue weighted by Crippen LogP contribution is 2.43. The molecule has 2 amide bonds. The number of carbonyl (C=O) groups excluding carboxylic acids is 2. The zero-order valence-corrected chi connectivity index (χ0v) is 19.6. The molecule has 3 aromatic heterocycles. The lowest BCUT2D eigenvalue weighted by molar-refractivity contribution is -0.140. The van der Waals surface area contributed by atoms with Crippen LogP contribution in [0.3, 0.4) is 0 Å². The number of carbonyl (C=O) groups is 2. The summed E-state index contributed by atoms with van der Waals surface area (Å²) < 4.78 is 56.1. The Bertz CT molecular complexity index is 1420. The van der Waals surface area contributed by atoms with Gasteiger partial charge in [-0.15, -0.1) is 11.3 Å². The summed E-state index contributed by atoms with van der Waals surface area (Å²) in [6, 6.07) is 4.72. The van der Waals surface area contributed by atoms with Gasteiger partial charge in [-0.25, -0.2) is 9.37 Å². The molecule has 4 rings (SSSR count). The lowest BCUT2D eigenvalue weighted by Crippen LogP contribution is -2.25. The normalized spacial score (nSPS) is 12.6. The third kappa shape index (κ3) is 4.53. The van der Waals surface area contributed by atoms with E-state index in [1.807, 2.05) is 0 Å². The lowest BCUT2D eigenvalue weighted by atomic mass is 10.0. The van der Waals surface area contributed by atoms with Crippen molar-refractivity contribution < 1.29 is 27.2 Å². The smallest absolute Gasteiger partial charge is 0.365 e. The van der Waals surface area contributed by atoms with Crippen LogP contribution in [0.5, 0.6) is 0 Å². The fourth-order valence-corrected chi connectivity index (χ4v) is 4.58. The summed E-state index contributed by atoms with van der Waals surface area (Å²) in [6.07, 6.45) is -1.74. The Hall–Kier alpha value is -3.32. The van der Waals surface area contributed by atoms with Gasteiger partial charge < -0.3 is 11.1 Å². The molecule has 0 aliphatic carbocycles. The van der Waals surface area contributed by atoms with Gasteiger partial charge in [0.05, 0.1) is 16.4 Å². The number of alkyl halides is 3. The van der Waals surface area contributed by atoms with E-state index in [1.54, 1.807) is 13.1 Å². The number of benzene rings is 1. The molecule has 7 nitrogen and oxygen atoms in total. The highest BCUT2D eigenvalue weighted by molar-refractivity contribution is 9.10. The van der Waals surface area contributed by atoms with Crippen LogP contribution < -0.4 is 11.1 Å². The number of amides is 2. The highest BCUT2D eigenvalue weighted by Gasteiger charge is 2.35. The molecule has 34 heavy (non-hydrogen) atoms. The van der Waals surface area contributed by atoms with Crippen LogP contribution in [-0.4, -0.2) is 26.6 Å². The van der Waals surface area contributed by atoms with Crippen LogP contribution in [0.1, 0.15) is 28.3 Å². The maximum absolute atomic E-state index is 13.6. The van der Waals surface area contributed by atoms with E-state index in [1.165, 1.54) is 23.0 Å². The number of aromatic nitrogens is 3. The van der Waals surface area contributed by atoms with Crippen molar-refractivity contribution in [2.75, 3.05) is 5.32 Å². The fourth-order valence-electron chi connectivity index (χ4n) is 3.27. The van der Waals surface area contributed by atoms with Crippen molar-refractivity contribution in [3.63, 3.8) is 0 Å². The molecule has 1 atom stereocenters. The number of anilines is 1. The minimum Gasteiger partial charge on any atom is -0.365 e. The molecule has 13 heteroatoms. The van der Waals surface area contributed by atoms with Crippen molar-refractivity contribution in [2.24, 2.45) is 5.73 Å². The number of nitrogens with two attached hydrogens (primary N) is 1. The molecule has 0 saturated carbocycles. The zero-order valence-electron chi connectivity index (χ0n) is 17.2. The number of nitrogens with one attached hydrogen (secondary N) is 1. The first-order chi connectivity index (χ1) is 16.0. The molecule has 0 fully saturated rings. The van der Waals surface area contributed by atoms with Gasteiger partial charge in [-0.1, -0.05) is 12.1 Å². The van der Waals surface area contributed by atoms with E-state index in [4.69, 9.17) is 5.73 Å². The van der Waals surface area contributed by atoms with Crippen LogP contribution in [0, 0.1) is 5.82 Å². The van der Waals surface area contributed by atoms with Gasteiger partial charge in [0.1, 0.15) is 27.3 Å². The Morgan fingerprint density at radius 3 is 2.47 bits per heavy atom. The molecule has 0 bridgehead atoms. The van der Waals surface area contributed by atoms with E-state index in [9.17, 15) is 27.2 Å². The Morgan fingerprint density at radius 2 is 1.91 bits per heavy atom. The predicted molar refractivity (Wildman–Crippen MR) is 122 cm³/mol. The topological polar surface area (TPSA) is 103 Å². The second kappa shape index (κ2) is 8.80. The number of hydrogen-bond donors (Lipinski definition) is 2. The van der Waals surface area contributed by atoms with Crippen molar-refractivity contribution in [1.82, 2.24) is 14.8 Å². The Balaban J connectivity index is 1.93. The summed E-state index contributed by atoms with van der Waals surface area (Å²) in [5, 5.41) is 6.73. The molecule has 1 unspecified atom stereocenters. The number of halogens is 5. The van der Waals surface area contributed by atoms with Gasteiger partial charge in [0, 0.05) is 11.6 Å². The molecule has 0 spiro atoms. The van der Waals surface area contributed by atoms with E-state index in [0.29, 0.717) is 15.8 Å². The quantitative estimate of drug-likeness (QED) is 0.323. The molecule has 3 N–H and O–H groups in total. The maximum atomic E-state index is 13.6. The van der Waals surface area contributed by atoms with Gasteiger partial charge in [0.15, 0.2) is 0 Å². The lowest BCUT2D eigenvalue weighted by Gasteiger charge is -2.15. The number of thiophene rings is 1. The third-order valence-corrected chi connectivity index (χ3v) is 6.43. The van der Waals surface area contributed by atoms with Crippen molar-refractivity contribution in [2.45, 2.75) is 19.1 Å². The van der Waals surface area contributed by atoms with E-state index < -0.39 is 35.5 Å². The van der Waals surface area contributed by atoms with Crippen molar-refractivity contribution in [3.05, 3.63) is 63.6 Å². The van der Waals surface area contributed by atoms with Gasteiger partial charge in [0.2, 0.25) is 5.91 Å². The number of rotatable bonds is 5. The third-order valence-electron chi connectivity index (χ3n) is 4.93. The molecule has 0 aliphatic heterocycles. The molecule has 0 aliphatic rings. The second-order valence-corrected chi connectivity index (χ2v) is 9.13. The monoisotopic (exact) mass is 555 g/mol. The molecule has 0 radical (unpaired) electrons. The average molecular weight is 556 g/mol. The summed E-state index contributed by atoms with van der Waals surface area (Å²) >= 11 is 3.86. The Labute approximate surface area is 201 Å². The molecule has 1 aromatic carbocycles. The average Bonchev–Trinajstić information content (AvgIpc) is 3.36. The SMILES string of the molecule is CC(C(=O)Nc1c(C(N)=O)sc2nc(C(F)(F)F)cc(-c3ccc(F)cc3)c12)n1cc(Br)cn1. The summed E-state index contributed by atoms with van der Waals surface area (Å²) in [5.41, 5.74) is 4.43. The predicted octanol–water partition coefficient (Wildman–Crippen LogP) is 5.38. The van der Waals surface area contributed by atoms with Crippen molar-refractivity contribution in [1.29, 1.82) is 0 Å². The van der Waals surface area contributed by atoms with Crippen molar-refractivity contribution >= 4 is 55.0 Å². The number of fused-ring (bicyclic) bond motifs is 1. The molecule has 0 saturated heterocycles. The number of nitrogens with zero attached hydrogens (tertiary/aromatic N) is 3. The van der Waals surface area contributed by atoms with Gasteiger partial charge in [-0.3, -0.25) is 14.3 Å². The largest absolute Gasteiger partial charge is 0.433 e. The van der Waals surface area contributed by atoms with Crippen molar-refractivity contribution in [3.8, 4) is 11.1 Å². The molecule has 4 aromatic rings. The van der Waals surface area contributed by atoms with E-state index in [-0.39, 0.29) is 31.9 Å². The zero-order chi connectivity index (χ0) is 24.8. The summed E-state index contributed by atoms with van der Waals surface area (Å²) in [5.74, 6) is -2.13. The maximum Gasteiger partial charge on any atom is 0.433 e. The Morgan fingerprint density at radius 1 is 1.24 bits per heavy atom. The Kier molecular flexibility index (Phi) is 6.16. The number of primary amides is 1. The second-order valence-electron chi connectivity index (χ2n) is 7.21. The van der Waals surface area contributed by atoms with E-state index in [2.05, 4.69) is 31.3 Å². The van der Waals surface area contributed by atoms with Gasteiger partial charge in [-0.05, 0) is 52.2 Å². The van der Waals surface area contributed by atoms with Crippen LogP contribution >= 0.6 is 27.3 Å².